The molecule has 0 aliphatic heterocycles. The van der Waals surface area contributed by atoms with E-state index in [4.69, 9.17) is 14.2 Å². The summed E-state index contributed by atoms with van der Waals surface area (Å²) in [6, 6.07) is 0. The fourth-order valence-corrected chi connectivity index (χ4v) is 8.33. The second-order valence-electron chi connectivity index (χ2n) is 19.9. The number of ether oxygens (including phenoxy) is 3. The molecule has 0 aliphatic rings. The zero-order valence-electron chi connectivity index (χ0n) is 46.7. The van der Waals surface area contributed by atoms with Crippen LogP contribution in [0.1, 0.15) is 290 Å². The molecule has 0 heterocycles. The van der Waals surface area contributed by atoms with Gasteiger partial charge in [0.15, 0.2) is 6.10 Å². The molecular formula is C65H112O6. The van der Waals surface area contributed by atoms with Crippen LogP contribution in [0.2, 0.25) is 0 Å². The highest BCUT2D eigenvalue weighted by Crippen LogP contribution is 2.16. The van der Waals surface area contributed by atoms with Gasteiger partial charge in [-0.1, -0.05) is 247 Å². The maximum Gasteiger partial charge on any atom is 0.306 e. The fraction of sp³-hybridized carbons (Fsp3) is 0.738. The molecule has 1 unspecified atom stereocenters. The van der Waals surface area contributed by atoms with E-state index in [0.29, 0.717) is 19.3 Å². The summed E-state index contributed by atoms with van der Waals surface area (Å²) in [5, 5.41) is 0. The van der Waals surface area contributed by atoms with E-state index in [1.54, 1.807) is 0 Å². The largest absolute Gasteiger partial charge is 0.462 e. The Bertz CT molecular complexity index is 1370. The van der Waals surface area contributed by atoms with Gasteiger partial charge in [-0.2, -0.15) is 0 Å². The molecule has 0 saturated heterocycles. The number of allylic oxidation sites excluding steroid dienone is 14. The van der Waals surface area contributed by atoms with Crippen molar-refractivity contribution in [2.45, 2.75) is 297 Å². The summed E-state index contributed by atoms with van der Waals surface area (Å²) >= 11 is 0. The van der Waals surface area contributed by atoms with E-state index in [-0.39, 0.29) is 31.1 Å². The lowest BCUT2D eigenvalue weighted by Crippen LogP contribution is -2.30. The van der Waals surface area contributed by atoms with Crippen molar-refractivity contribution in [2.24, 2.45) is 0 Å². The average molecular weight is 990 g/mol. The molecule has 1 atom stereocenters. The minimum absolute atomic E-state index is 0.0837. The highest BCUT2D eigenvalue weighted by atomic mass is 16.6. The Hall–Kier alpha value is -3.41. The minimum atomic E-state index is -0.786. The molecule has 0 amide bonds. The molecular weight excluding hydrogens is 877 g/mol. The van der Waals surface area contributed by atoms with Crippen molar-refractivity contribution in [3.63, 3.8) is 0 Å². The Kier molecular flexibility index (Phi) is 56.3. The van der Waals surface area contributed by atoms with Crippen LogP contribution in [0.15, 0.2) is 85.1 Å². The van der Waals surface area contributed by atoms with Gasteiger partial charge in [0.05, 0.1) is 0 Å². The van der Waals surface area contributed by atoms with Crippen molar-refractivity contribution in [1.29, 1.82) is 0 Å². The summed E-state index contributed by atoms with van der Waals surface area (Å²) in [5.74, 6) is -0.901. The highest BCUT2D eigenvalue weighted by molar-refractivity contribution is 5.71. The van der Waals surface area contributed by atoms with Crippen LogP contribution in [0.3, 0.4) is 0 Å². The number of hydrogen-bond acceptors (Lipinski definition) is 6. The Balaban J connectivity index is 4.23. The van der Waals surface area contributed by atoms with Crippen molar-refractivity contribution >= 4 is 17.9 Å². The summed E-state index contributed by atoms with van der Waals surface area (Å²) in [6.07, 6.45) is 77.3. The standard InChI is InChI=1S/C65H112O6/c1-4-7-10-13-16-19-22-25-27-28-29-30-31-32-33-34-35-36-37-38-39-41-43-46-49-52-55-58-64(67)70-61-62(60-69-63(66)57-54-51-48-45-42-24-21-18-15-12-9-6-3)71-65(68)59-56-53-50-47-44-40-26-23-20-17-14-11-8-5-2/h7,10,14,16-19,21,23,25-27,29-30,62H,4-6,8-9,11-13,15,20,22,24,28,31-61H2,1-3H3/b10-7-,17-14-,19-16-,21-18-,26-23-,27-25-,30-29-. The van der Waals surface area contributed by atoms with Crippen molar-refractivity contribution in [3.05, 3.63) is 85.1 Å². The first kappa shape index (κ1) is 67.6. The van der Waals surface area contributed by atoms with Gasteiger partial charge in [-0.25, -0.2) is 0 Å². The van der Waals surface area contributed by atoms with Crippen LogP contribution in [0.4, 0.5) is 0 Å². The molecule has 0 rings (SSSR count). The van der Waals surface area contributed by atoms with Gasteiger partial charge >= 0.3 is 17.9 Å². The second-order valence-corrected chi connectivity index (χ2v) is 19.9. The molecule has 0 saturated carbocycles. The van der Waals surface area contributed by atoms with E-state index in [1.165, 1.54) is 135 Å². The van der Waals surface area contributed by atoms with E-state index in [1.807, 2.05) is 0 Å². The normalized spacial score (nSPS) is 12.7. The number of carbonyl (C=O) groups excluding carboxylic acids is 3. The summed E-state index contributed by atoms with van der Waals surface area (Å²) in [6.45, 7) is 6.46. The van der Waals surface area contributed by atoms with Gasteiger partial charge in [0.25, 0.3) is 0 Å². The lowest BCUT2D eigenvalue weighted by molar-refractivity contribution is -0.167. The topological polar surface area (TPSA) is 78.9 Å². The molecule has 6 nitrogen and oxygen atoms in total. The van der Waals surface area contributed by atoms with Gasteiger partial charge in [-0.05, 0) is 109 Å². The maximum atomic E-state index is 12.8. The Labute approximate surface area is 439 Å². The SMILES string of the molecule is CC/C=C\C/C=C\C/C=C\C/C=C\CCCCCCCCCCCCCCCCC(=O)OCC(COC(=O)CCCCCCC/C=C\CCCCC)OC(=O)CCCCCCC/C=C\C/C=C\CCCC. The molecule has 0 spiro atoms. The third-order valence-electron chi connectivity index (χ3n) is 12.9. The van der Waals surface area contributed by atoms with Gasteiger partial charge in [0.1, 0.15) is 13.2 Å². The maximum absolute atomic E-state index is 12.8. The van der Waals surface area contributed by atoms with E-state index in [2.05, 4.69) is 106 Å². The first-order valence-electron chi connectivity index (χ1n) is 30.1. The monoisotopic (exact) mass is 989 g/mol. The van der Waals surface area contributed by atoms with E-state index in [9.17, 15) is 14.4 Å². The first-order valence-corrected chi connectivity index (χ1v) is 30.1. The molecule has 0 aromatic carbocycles. The van der Waals surface area contributed by atoms with Crippen LogP contribution in [-0.2, 0) is 28.6 Å². The van der Waals surface area contributed by atoms with Crippen molar-refractivity contribution in [2.75, 3.05) is 13.2 Å². The summed E-state index contributed by atoms with van der Waals surface area (Å²) in [4.78, 5) is 38.1. The fourth-order valence-electron chi connectivity index (χ4n) is 8.33. The summed E-state index contributed by atoms with van der Waals surface area (Å²) in [5.41, 5.74) is 0. The predicted octanol–water partition coefficient (Wildman–Crippen LogP) is 20.3. The molecule has 0 aromatic rings. The van der Waals surface area contributed by atoms with Crippen molar-refractivity contribution in [3.8, 4) is 0 Å². The van der Waals surface area contributed by atoms with Crippen LogP contribution in [0.25, 0.3) is 0 Å². The smallest absolute Gasteiger partial charge is 0.306 e. The van der Waals surface area contributed by atoms with Gasteiger partial charge in [-0.15, -0.1) is 0 Å². The molecule has 6 heteroatoms. The van der Waals surface area contributed by atoms with Crippen LogP contribution in [0, 0.1) is 0 Å². The molecule has 0 aliphatic carbocycles. The zero-order valence-corrected chi connectivity index (χ0v) is 46.7. The molecule has 71 heavy (non-hydrogen) atoms. The van der Waals surface area contributed by atoms with Crippen molar-refractivity contribution < 1.29 is 28.6 Å². The Morgan fingerprint density at radius 2 is 0.563 bits per heavy atom. The van der Waals surface area contributed by atoms with Gasteiger partial charge < -0.3 is 14.2 Å². The third kappa shape index (κ3) is 57.4. The van der Waals surface area contributed by atoms with Crippen molar-refractivity contribution in [1.82, 2.24) is 0 Å². The zero-order chi connectivity index (χ0) is 51.4. The number of unbranched alkanes of at least 4 members (excludes halogenated alkanes) is 29. The predicted molar refractivity (Wildman–Crippen MR) is 307 cm³/mol. The number of esters is 3. The highest BCUT2D eigenvalue weighted by Gasteiger charge is 2.19. The quantitative estimate of drug-likeness (QED) is 0.0261. The van der Waals surface area contributed by atoms with Gasteiger partial charge in [-0.3, -0.25) is 14.4 Å². The minimum Gasteiger partial charge on any atom is -0.462 e. The Morgan fingerprint density at radius 1 is 0.296 bits per heavy atom. The molecule has 0 radical (unpaired) electrons. The van der Waals surface area contributed by atoms with Crippen LogP contribution < -0.4 is 0 Å². The number of rotatable bonds is 54. The number of carbonyl (C=O) groups is 3. The third-order valence-corrected chi connectivity index (χ3v) is 12.9. The van der Waals surface area contributed by atoms with Gasteiger partial charge in [0, 0.05) is 19.3 Å². The number of hydrogen-bond donors (Lipinski definition) is 0. The summed E-state index contributed by atoms with van der Waals surface area (Å²) < 4.78 is 16.8. The average Bonchev–Trinajstić information content (AvgIpc) is 3.37. The molecule has 0 aromatic heterocycles. The van der Waals surface area contributed by atoms with E-state index >= 15 is 0 Å². The molecule has 408 valence electrons. The van der Waals surface area contributed by atoms with Crippen LogP contribution in [-0.4, -0.2) is 37.2 Å². The van der Waals surface area contributed by atoms with Crippen LogP contribution in [0.5, 0.6) is 0 Å². The lowest BCUT2D eigenvalue weighted by Gasteiger charge is -2.18. The summed E-state index contributed by atoms with van der Waals surface area (Å²) in [7, 11) is 0. The van der Waals surface area contributed by atoms with E-state index < -0.39 is 6.10 Å². The lowest BCUT2D eigenvalue weighted by atomic mass is 10.0. The van der Waals surface area contributed by atoms with E-state index in [0.717, 1.165) is 116 Å². The van der Waals surface area contributed by atoms with Crippen LogP contribution >= 0.6 is 0 Å². The molecule has 0 bridgehead atoms. The Morgan fingerprint density at radius 3 is 0.915 bits per heavy atom. The van der Waals surface area contributed by atoms with Gasteiger partial charge in [0.2, 0.25) is 0 Å². The first-order chi connectivity index (χ1) is 35.0. The molecule has 0 fully saturated rings. The molecule has 0 N–H and O–H groups in total. The second kappa shape index (κ2) is 59.2.